The van der Waals surface area contributed by atoms with Crippen molar-refractivity contribution in [3.8, 4) is 0 Å². The molecule has 1 aliphatic heterocycles. The van der Waals surface area contributed by atoms with Crippen molar-refractivity contribution in [2.45, 2.75) is 19.0 Å². The van der Waals surface area contributed by atoms with E-state index in [0.717, 1.165) is 13.2 Å². The van der Waals surface area contributed by atoms with Crippen LogP contribution in [-0.2, 0) is 4.74 Å². The van der Waals surface area contributed by atoms with Gasteiger partial charge >= 0.3 is 0 Å². The van der Waals surface area contributed by atoms with Crippen molar-refractivity contribution in [3.05, 3.63) is 12.7 Å². The van der Waals surface area contributed by atoms with Crippen LogP contribution in [0.3, 0.4) is 0 Å². The second-order valence-electron chi connectivity index (χ2n) is 2.85. The molecule has 2 nitrogen and oxygen atoms in total. The summed E-state index contributed by atoms with van der Waals surface area (Å²) in [6.45, 7) is 7.55. The summed E-state index contributed by atoms with van der Waals surface area (Å²) in [7, 11) is 2.11. The highest BCUT2D eigenvalue weighted by atomic mass is 16.5. The fraction of sp³-hybridized carbons (Fsp3) is 0.750. The van der Waals surface area contributed by atoms with E-state index in [1.807, 2.05) is 6.08 Å². The number of morpholine rings is 1. The lowest BCUT2D eigenvalue weighted by Crippen LogP contribution is -2.47. The molecule has 0 aromatic heterocycles. The fourth-order valence-electron chi connectivity index (χ4n) is 1.16. The van der Waals surface area contributed by atoms with Gasteiger partial charge in [0.25, 0.3) is 0 Å². The van der Waals surface area contributed by atoms with Crippen LogP contribution in [0.25, 0.3) is 0 Å². The summed E-state index contributed by atoms with van der Waals surface area (Å²) in [5, 5.41) is 0. The van der Waals surface area contributed by atoms with Crippen LogP contribution >= 0.6 is 0 Å². The molecule has 0 spiro atoms. The van der Waals surface area contributed by atoms with Crippen LogP contribution in [0.1, 0.15) is 6.92 Å². The molecule has 0 bridgehead atoms. The molecule has 0 N–H and O–H groups in total. The van der Waals surface area contributed by atoms with Crippen LogP contribution < -0.4 is 0 Å². The molecule has 1 aliphatic rings. The number of nitrogens with zero attached hydrogens (tertiary/aromatic N) is 1. The third-order valence-corrected chi connectivity index (χ3v) is 2.14. The molecule has 0 amide bonds. The van der Waals surface area contributed by atoms with Crippen molar-refractivity contribution >= 4 is 0 Å². The zero-order valence-corrected chi connectivity index (χ0v) is 6.71. The molecule has 58 valence electrons. The zero-order chi connectivity index (χ0) is 7.56. The SMILES string of the molecule is C=C[C@@H]1COC[C@@H](C)N1C. The van der Waals surface area contributed by atoms with E-state index >= 15 is 0 Å². The maximum atomic E-state index is 5.34. The largest absolute Gasteiger partial charge is 0.378 e. The van der Waals surface area contributed by atoms with Gasteiger partial charge in [-0.05, 0) is 14.0 Å². The molecule has 2 heteroatoms. The Balaban J connectivity index is 2.50. The molecule has 10 heavy (non-hydrogen) atoms. The summed E-state index contributed by atoms with van der Waals surface area (Å²) in [4.78, 5) is 2.29. The van der Waals surface area contributed by atoms with Crippen LogP contribution in [0.4, 0.5) is 0 Å². The van der Waals surface area contributed by atoms with Crippen LogP contribution in [-0.4, -0.2) is 37.2 Å². The maximum Gasteiger partial charge on any atom is 0.0658 e. The van der Waals surface area contributed by atoms with Crippen molar-refractivity contribution in [1.82, 2.24) is 4.90 Å². The first-order chi connectivity index (χ1) is 4.75. The first kappa shape index (κ1) is 7.76. The summed E-state index contributed by atoms with van der Waals surface area (Å²) in [6.07, 6.45) is 1.94. The summed E-state index contributed by atoms with van der Waals surface area (Å²) >= 11 is 0. The minimum atomic E-state index is 0.406. The lowest BCUT2D eigenvalue weighted by molar-refractivity contribution is -0.0128. The Hall–Kier alpha value is -0.340. The Morgan fingerprint density at radius 3 is 2.80 bits per heavy atom. The molecule has 0 unspecified atom stereocenters. The Morgan fingerprint density at radius 1 is 1.60 bits per heavy atom. The van der Waals surface area contributed by atoms with Crippen molar-refractivity contribution in [2.24, 2.45) is 0 Å². The summed E-state index contributed by atoms with van der Waals surface area (Å²) in [5.74, 6) is 0. The summed E-state index contributed by atoms with van der Waals surface area (Å²) in [5.41, 5.74) is 0. The van der Waals surface area contributed by atoms with Gasteiger partial charge in [-0.2, -0.15) is 0 Å². The second kappa shape index (κ2) is 3.17. The van der Waals surface area contributed by atoms with Crippen LogP contribution in [0.2, 0.25) is 0 Å². The third-order valence-electron chi connectivity index (χ3n) is 2.14. The summed E-state index contributed by atoms with van der Waals surface area (Å²) in [6, 6.07) is 0.931. The van der Waals surface area contributed by atoms with Gasteiger partial charge in [-0.25, -0.2) is 0 Å². The smallest absolute Gasteiger partial charge is 0.0658 e. The molecule has 1 fully saturated rings. The van der Waals surface area contributed by atoms with E-state index in [4.69, 9.17) is 4.74 Å². The quantitative estimate of drug-likeness (QED) is 0.503. The van der Waals surface area contributed by atoms with Gasteiger partial charge in [-0.15, -0.1) is 6.58 Å². The lowest BCUT2D eigenvalue weighted by atomic mass is 10.2. The minimum absolute atomic E-state index is 0.406. The van der Waals surface area contributed by atoms with Crippen molar-refractivity contribution in [2.75, 3.05) is 20.3 Å². The van der Waals surface area contributed by atoms with Gasteiger partial charge in [0, 0.05) is 6.04 Å². The molecular formula is C8H15NO. The van der Waals surface area contributed by atoms with E-state index in [1.54, 1.807) is 0 Å². The van der Waals surface area contributed by atoms with Gasteiger partial charge in [0.05, 0.1) is 19.3 Å². The fourth-order valence-corrected chi connectivity index (χ4v) is 1.16. The van der Waals surface area contributed by atoms with Crippen molar-refractivity contribution in [1.29, 1.82) is 0 Å². The van der Waals surface area contributed by atoms with Gasteiger partial charge in [0.1, 0.15) is 0 Å². The highest BCUT2D eigenvalue weighted by Gasteiger charge is 2.21. The second-order valence-corrected chi connectivity index (χ2v) is 2.85. The molecular weight excluding hydrogens is 126 g/mol. The molecule has 0 aromatic rings. The molecule has 0 aliphatic carbocycles. The molecule has 1 rings (SSSR count). The van der Waals surface area contributed by atoms with E-state index in [9.17, 15) is 0 Å². The van der Waals surface area contributed by atoms with Crippen LogP contribution in [0.15, 0.2) is 12.7 Å². The Morgan fingerprint density at radius 2 is 2.30 bits per heavy atom. The van der Waals surface area contributed by atoms with Crippen LogP contribution in [0, 0.1) is 0 Å². The normalized spacial score (nSPS) is 35.8. The zero-order valence-electron chi connectivity index (χ0n) is 6.71. The maximum absolute atomic E-state index is 5.34. The predicted octanol–water partition coefficient (Wildman–Crippen LogP) is 0.892. The first-order valence-electron chi connectivity index (χ1n) is 3.68. The molecule has 0 radical (unpaired) electrons. The highest BCUT2D eigenvalue weighted by molar-refractivity contribution is 4.90. The Labute approximate surface area is 62.5 Å². The van der Waals surface area contributed by atoms with E-state index < -0.39 is 0 Å². The topological polar surface area (TPSA) is 12.5 Å². The Bertz CT molecular complexity index is 124. The lowest BCUT2D eigenvalue weighted by Gasteiger charge is -2.35. The van der Waals surface area contributed by atoms with Gasteiger partial charge in [-0.3, -0.25) is 4.90 Å². The van der Waals surface area contributed by atoms with Gasteiger partial charge < -0.3 is 4.74 Å². The van der Waals surface area contributed by atoms with E-state index in [0.29, 0.717) is 12.1 Å². The standard InChI is InChI=1S/C8H15NO/c1-4-8-6-10-5-7(2)9(8)3/h4,7-8H,1,5-6H2,2-3H3/t7-,8-/m1/s1. The first-order valence-corrected chi connectivity index (χ1v) is 3.68. The summed E-state index contributed by atoms with van der Waals surface area (Å²) < 4.78 is 5.34. The number of hydrogen-bond donors (Lipinski definition) is 0. The van der Waals surface area contributed by atoms with Gasteiger partial charge in [-0.1, -0.05) is 6.08 Å². The monoisotopic (exact) mass is 141 g/mol. The highest BCUT2D eigenvalue weighted by Crippen LogP contribution is 2.10. The van der Waals surface area contributed by atoms with E-state index in [2.05, 4.69) is 25.5 Å². The molecule has 1 heterocycles. The number of ether oxygens (including phenoxy) is 1. The number of likely N-dealkylation sites (N-methyl/N-ethyl adjacent to an activating group) is 1. The third kappa shape index (κ3) is 1.39. The molecule has 0 aromatic carbocycles. The average Bonchev–Trinajstić information content (AvgIpc) is 1.95. The van der Waals surface area contributed by atoms with Gasteiger partial charge in [0.15, 0.2) is 0 Å². The van der Waals surface area contributed by atoms with Gasteiger partial charge in [0.2, 0.25) is 0 Å². The predicted molar refractivity (Wildman–Crippen MR) is 42.0 cm³/mol. The Kier molecular flexibility index (Phi) is 2.46. The molecule has 0 saturated carbocycles. The van der Waals surface area contributed by atoms with Crippen molar-refractivity contribution in [3.63, 3.8) is 0 Å². The van der Waals surface area contributed by atoms with Crippen LogP contribution in [0.5, 0.6) is 0 Å². The minimum Gasteiger partial charge on any atom is -0.378 e. The average molecular weight is 141 g/mol. The van der Waals surface area contributed by atoms with E-state index in [1.165, 1.54) is 0 Å². The number of rotatable bonds is 1. The van der Waals surface area contributed by atoms with Crippen molar-refractivity contribution < 1.29 is 4.74 Å². The molecule has 1 saturated heterocycles. The van der Waals surface area contributed by atoms with E-state index in [-0.39, 0.29) is 0 Å². The number of hydrogen-bond acceptors (Lipinski definition) is 2. The molecule has 2 atom stereocenters.